The van der Waals surface area contributed by atoms with Gasteiger partial charge in [-0.2, -0.15) is 0 Å². The molecule has 22 heavy (non-hydrogen) atoms. The number of aromatic nitrogens is 2. The summed E-state index contributed by atoms with van der Waals surface area (Å²) in [7, 11) is 0. The normalized spacial score (nSPS) is 10.0. The summed E-state index contributed by atoms with van der Waals surface area (Å²) >= 11 is 0. The van der Waals surface area contributed by atoms with Crippen LogP contribution < -0.4 is 22.8 Å². The Balaban J connectivity index is 0.00000242. The second kappa shape index (κ2) is 8.34. The zero-order valence-electron chi connectivity index (χ0n) is 12.5. The highest BCUT2D eigenvalue weighted by Gasteiger charge is 2.13. The molecule has 0 spiro atoms. The van der Waals surface area contributed by atoms with Crippen LogP contribution in [0.2, 0.25) is 0 Å². The third kappa shape index (κ3) is 4.70. The Hall–Kier alpha value is -2.14. The largest absolute Gasteiger partial charge is 1.00 e. The number of hydrogen-bond acceptors (Lipinski definition) is 3. The zero-order chi connectivity index (χ0) is 15.2. The first-order chi connectivity index (χ1) is 10.1. The molecule has 0 aliphatic rings. The van der Waals surface area contributed by atoms with Crippen molar-refractivity contribution in [2.75, 3.05) is 5.73 Å². The fourth-order valence-electron chi connectivity index (χ4n) is 2.15. The Bertz CT molecular complexity index is 633. The molecule has 3 N–H and O–H groups in total. The van der Waals surface area contributed by atoms with Crippen molar-refractivity contribution in [3.63, 3.8) is 0 Å². The van der Waals surface area contributed by atoms with E-state index in [0.717, 1.165) is 23.2 Å². The molecule has 118 valence electrons. The van der Waals surface area contributed by atoms with Crippen LogP contribution in [0, 0.1) is 6.92 Å². The minimum absolute atomic E-state index is 0. The third-order valence-electron chi connectivity index (χ3n) is 3.34. The lowest BCUT2D eigenvalue weighted by atomic mass is 10.1. The summed E-state index contributed by atoms with van der Waals surface area (Å²) in [4.78, 5) is 10.5. The summed E-state index contributed by atoms with van der Waals surface area (Å²) in [5.41, 5.74) is 8.95. The number of carboxylic acids is 1. The molecule has 5 nitrogen and oxygen atoms in total. The molecule has 2 aromatic rings. The maximum absolute atomic E-state index is 10.5. The van der Waals surface area contributed by atoms with Gasteiger partial charge in [-0.25, -0.2) is 0 Å². The number of anilines is 1. The van der Waals surface area contributed by atoms with Crippen molar-refractivity contribution >= 4 is 11.8 Å². The number of aliphatic carboxylic acids is 1. The van der Waals surface area contributed by atoms with Crippen molar-refractivity contribution in [1.82, 2.24) is 5.10 Å². The van der Waals surface area contributed by atoms with Crippen LogP contribution in [0.1, 0.15) is 24.8 Å². The van der Waals surface area contributed by atoms with E-state index in [9.17, 15) is 4.79 Å². The van der Waals surface area contributed by atoms with Crippen LogP contribution >= 0.6 is 0 Å². The summed E-state index contributed by atoms with van der Waals surface area (Å²) < 4.78 is 1.76. The van der Waals surface area contributed by atoms with Crippen LogP contribution in [0.3, 0.4) is 0 Å². The van der Waals surface area contributed by atoms with E-state index in [1.807, 2.05) is 43.3 Å². The summed E-state index contributed by atoms with van der Waals surface area (Å²) in [6.07, 6.45) is 1.54. The molecule has 0 bridgehead atoms. The summed E-state index contributed by atoms with van der Waals surface area (Å²) in [5.74, 6) is -0.139. The number of unbranched alkanes of at least 4 members (excludes halogenated alkanes) is 1. The predicted octanol–water partition coefficient (Wildman–Crippen LogP) is -0.814. The average molecular weight is 322 g/mol. The van der Waals surface area contributed by atoms with Crippen LogP contribution in [0.4, 0.5) is 5.82 Å². The van der Waals surface area contributed by atoms with Gasteiger partial charge in [0.1, 0.15) is 12.2 Å². The molecule has 0 saturated carbocycles. The quantitative estimate of drug-likeness (QED) is 0.538. The molecule has 0 atom stereocenters. The SMILES string of the molecule is Cc1cc(-c2ccccc2)n[n+](CCCCC(=O)O)c1N.[Cl-]. The molecule has 6 heteroatoms. The minimum Gasteiger partial charge on any atom is -1.00 e. The van der Waals surface area contributed by atoms with Crippen LogP contribution in [0.5, 0.6) is 0 Å². The maximum Gasteiger partial charge on any atom is 0.303 e. The highest BCUT2D eigenvalue weighted by Crippen LogP contribution is 2.18. The number of carboxylic acid groups (broad SMARTS) is 1. The number of nitrogens with zero attached hydrogens (tertiary/aromatic N) is 2. The van der Waals surface area contributed by atoms with Gasteiger partial charge in [0.2, 0.25) is 0 Å². The van der Waals surface area contributed by atoms with Crippen LogP contribution in [-0.4, -0.2) is 16.2 Å². The number of hydrogen-bond donors (Lipinski definition) is 2. The number of benzene rings is 1. The van der Waals surface area contributed by atoms with Gasteiger partial charge in [-0.3, -0.25) is 10.5 Å². The average Bonchev–Trinajstić information content (AvgIpc) is 2.48. The Morgan fingerprint density at radius 1 is 1.27 bits per heavy atom. The van der Waals surface area contributed by atoms with Crippen molar-refractivity contribution in [1.29, 1.82) is 0 Å². The van der Waals surface area contributed by atoms with E-state index in [1.165, 1.54) is 0 Å². The van der Waals surface area contributed by atoms with E-state index in [-0.39, 0.29) is 18.8 Å². The maximum atomic E-state index is 10.5. The van der Waals surface area contributed by atoms with Gasteiger partial charge in [0.15, 0.2) is 0 Å². The van der Waals surface area contributed by atoms with E-state index in [2.05, 4.69) is 5.10 Å². The monoisotopic (exact) mass is 321 g/mol. The van der Waals surface area contributed by atoms with Gasteiger partial charge in [0.25, 0.3) is 5.82 Å². The lowest BCUT2D eigenvalue weighted by Gasteiger charge is -2.07. The molecule has 0 fully saturated rings. The third-order valence-corrected chi connectivity index (χ3v) is 3.34. The molecule has 0 aliphatic heterocycles. The Morgan fingerprint density at radius 3 is 2.59 bits per heavy atom. The number of carbonyl (C=O) groups is 1. The zero-order valence-corrected chi connectivity index (χ0v) is 13.3. The standard InChI is InChI=1S/C16H19N3O2.ClH/c1-12-11-14(13-7-3-2-4-8-13)18-19(16(12)17)10-6-5-9-15(20)21;/h2-4,7-8,11,17H,5-6,9-10H2,1H3,(H,20,21);1H. The number of nitrogens with two attached hydrogens (primary N) is 1. The van der Waals surface area contributed by atoms with Crippen molar-refractivity contribution in [3.8, 4) is 11.3 Å². The fourth-order valence-corrected chi connectivity index (χ4v) is 2.15. The van der Waals surface area contributed by atoms with Gasteiger partial charge in [-0.05, 0) is 25.8 Å². The first kappa shape index (κ1) is 17.9. The Morgan fingerprint density at radius 2 is 1.95 bits per heavy atom. The molecule has 0 radical (unpaired) electrons. The highest BCUT2D eigenvalue weighted by molar-refractivity contribution is 5.66. The number of rotatable bonds is 6. The molecule has 1 aromatic carbocycles. The number of halogens is 1. The van der Waals surface area contributed by atoms with E-state index >= 15 is 0 Å². The van der Waals surface area contributed by atoms with E-state index in [4.69, 9.17) is 10.8 Å². The Kier molecular flexibility index (Phi) is 6.79. The molecule has 2 rings (SSSR count). The van der Waals surface area contributed by atoms with Crippen molar-refractivity contribution in [2.24, 2.45) is 0 Å². The van der Waals surface area contributed by atoms with Crippen LogP contribution in [0.15, 0.2) is 36.4 Å². The molecule has 1 aromatic heterocycles. The first-order valence-electron chi connectivity index (χ1n) is 7.02. The molecular weight excluding hydrogens is 302 g/mol. The van der Waals surface area contributed by atoms with Crippen molar-refractivity contribution in [2.45, 2.75) is 32.7 Å². The van der Waals surface area contributed by atoms with Gasteiger partial charge in [-0.15, -0.1) is 4.68 Å². The predicted molar refractivity (Wildman–Crippen MR) is 80.5 cm³/mol. The molecule has 1 heterocycles. The van der Waals surface area contributed by atoms with E-state index in [0.29, 0.717) is 18.8 Å². The van der Waals surface area contributed by atoms with Gasteiger partial charge in [0, 0.05) is 17.5 Å². The number of aryl methyl sites for hydroxylation is 2. The van der Waals surface area contributed by atoms with Crippen molar-refractivity contribution < 1.29 is 27.0 Å². The molecule has 0 amide bonds. The fraction of sp³-hybridized carbons (Fsp3) is 0.312. The van der Waals surface area contributed by atoms with Crippen LogP contribution in [-0.2, 0) is 11.3 Å². The minimum atomic E-state index is -0.768. The van der Waals surface area contributed by atoms with E-state index < -0.39 is 5.97 Å². The highest BCUT2D eigenvalue weighted by atomic mass is 35.5. The van der Waals surface area contributed by atoms with E-state index in [1.54, 1.807) is 4.68 Å². The summed E-state index contributed by atoms with van der Waals surface area (Å²) in [6.45, 7) is 2.58. The first-order valence-corrected chi connectivity index (χ1v) is 7.02. The smallest absolute Gasteiger partial charge is 0.303 e. The summed E-state index contributed by atoms with van der Waals surface area (Å²) in [5, 5.41) is 13.2. The number of nitrogen functional groups attached to an aromatic ring is 1. The second-order valence-corrected chi connectivity index (χ2v) is 5.04. The Labute approximate surface area is 136 Å². The second-order valence-electron chi connectivity index (χ2n) is 5.04. The van der Waals surface area contributed by atoms with Crippen molar-refractivity contribution in [3.05, 3.63) is 42.0 Å². The molecule has 0 saturated heterocycles. The summed E-state index contributed by atoms with van der Waals surface area (Å²) in [6, 6.07) is 11.9. The topological polar surface area (TPSA) is 80.1 Å². The molecule has 0 unspecified atom stereocenters. The lowest BCUT2D eigenvalue weighted by Crippen LogP contribution is -3.00. The van der Waals surface area contributed by atoms with Gasteiger partial charge in [-0.1, -0.05) is 35.4 Å². The van der Waals surface area contributed by atoms with Gasteiger partial charge in [0.05, 0.1) is 0 Å². The van der Waals surface area contributed by atoms with Crippen LogP contribution in [0.25, 0.3) is 11.3 Å². The van der Waals surface area contributed by atoms with Gasteiger partial charge >= 0.3 is 5.97 Å². The molecular formula is C16H20ClN3O2. The van der Waals surface area contributed by atoms with Gasteiger partial charge < -0.3 is 17.5 Å². The lowest BCUT2D eigenvalue weighted by molar-refractivity contribution is -0.740. The molecule has 0 aliphatic carbocycles.